The van der Waals surface area contributed by atoms with E-state index in [-0.39, 0.29) is 52.3 Å². The third kappa shape index (κ3) is 7.19. The molecule has 0 radical (unpaired) electrons. The van der Waals surface area contributed by atoms with Gasteiger partial charge in [0.1, 0.15) is 17.3 Å². The van der Waals surface area contributed by atoms with Crippen LogP contribution in [0.25, 0.3) is 22.4 Å². The standard InChI is InChI=1S/C33H35F3N4O5S/c34-30-29(38-33(46-30)40(22-9-10-22)31(44)21(16-28(42)43)15-19-5-1-2-6-19)25-17-23(45-32(35)36)11-12-24(25)20-8-13-26(37-18-20)39-14-4-3-7-27(39)41/h8,11-13,17-19,21-22,32H,1-7,9-10,14-16H2,(H,42,43). The summed E-state index contributed by atoms with van der Waals surface area (Å²) in [7, 11) is 0. The summed E-state index contributed by atoms with van der Waals surface area (Å²) in [6.45, 7) is -2.54. The van der Waals surface area contributed by atoms with Crippen molar-refractivity contribution in [3.63, 3.8) is 0 Å². The van der Waals surface area contributed by atoms with E-state index in [1.165, 1.54) is 29.3 Å². The van der Waals surface area contributed by atoms with Gasteiger partial charge in [-0.3, -0.25) is 24.2 Å². The zero-order valence-corrected chi connectivity index (χ0v) is 26.0. The monoisotopic (exact) mass is 656 g/mol. The Bertz CT molecular complexity index is 1590. The van der Waals surface area contributed by atoms with E-state index in [0.29, 0.717) is 60.5 Å². The number of hydrogen-bond donors (Lipinski definition) is 1. The molecule has 1 aromatic carbocycles. The average Bonchev–Trinajstić information content (AvgIpc) is 3.58. The van der Waals surface area contributed by atoms with Crippen LogP contribution in [0.1, 0.15) is 70.6 Å². The highest BCUT2D eigenvalue weighted by Gasteiger charge is 2.41. The van der Waals surface area contributed by atoms with Crippen LogP contribution in [-0.2, 0) is 14.4 Å². The van der Waals surface area contributed by atoms with Gasteiger partial charge < -0.3 is 9.84 Å². The maximum absolute atomic E-state index is 15.9. The Balaban J connectivity index is 1.35. The quantitative estimate of drug-likeness (QED) is 0.218. The van der Waals surface area contributed by atoms with Crippen LogP contribution in [0.5, 0.6) is 5.75 Å². The highest BCUT2D eigenvalue weighted by Crippen LogP contribution is 2.43. The zero-order valence-electron chi connectivity index (χ0n) is 25.2. The highest BCUT2D eigenvalue weighted by atomic mass is 32.1. The number of thiazole rings is 1. The van der Waals surface area contributed by atoms with Crippen LogP contribution in [0, 0.1) is 17.0 Å². The number of carboxylic acids is 1. The molecule has 2 aromatic heterocycles. The lowest BCUT2D eigenvalue weighted by molar-refractivity contribution is -0.141. The Kier molecular flexibility index (Phi) is 9.57. The number of rotatable bonds is 12. The topological polar surface area (TPSA) is 113 Å². The number of ether oxygens (including phenoxy) is 1. The van der Waals surface area contributed by atoms with Gasteiger partial charge in [-0.05, 0) is 73.9 Å². The summed E-state index contributed by atoms with van der Waals surface area (Å²) in [5.74, 6) is -1.65. The van der Waals surface area contributed by atoms with Gasteiger partial charge in [-0.1, -0.05) is 37.0 Å². The first-order valence-electron chi connectivity index (χ1n) is 15.7. The minimum absolute atomic E-state index is 0.0126. The number of nitrogens with zero attached hydrogens (tertiary/aromatic N) is 4. The van der Waals surface area contributed by atoms with Gasteiger partial charge >= 0.3 is 12.6 Å². The number of halogens is 3. The number of aliphatic carboxylic acids is 1. The number of carboxylic acid groups (broad SMARTS) is 1. The van der Waals surface area contributed by atoms with Crippen LogP contribution in [0.3, 0.4) is 0 Å². The molecule has 0 spiro atoms. The van der Waals surface area contributed by atoms with Crippen molar-refractivity contribution in [3.8, 4) is 28.1 Å². The molecular weight excluding hydrogens is 621 g/mol. The second kappa shape index (κ2) is 13.8. The molecule has 6 rings (SSSR count). The molecule has 244 valence electrons. The van der Waals surface area contributed by atoms with Crippen molar-refractivity contribution in [2.24, 2.45) is 11.8 Å². The molecule has 3 aliphatic rings. The number of anilines is 2. The number of alkyl halides is 2. The molecule has 1 aliphatic heterocycles. The molecule has 1 saturated heterocycles. The van der Waals surface area contributed by atoms with Crippen molar-refractivity contribution in [3.05, 3.63) is 41.7 Å². The molecule has 2 amide bonds. The molecule has 13 heteroatoms. The SMILES string of the molecule is O=C(O)CC(CC1CCCC1)C(=O)N(c1nc(-c2cc(OC(F)F)ccc2-c2ccc(N3CCCCC3=O)nc2)c(F)s1)C1CC1. The summed E-state index contributed by atoms with van der Waals surface area (Å²) in [4.78, 5) is 50.2. The predicted molar refractivity (Wildman–Crippen MR) is 166 cm³/mol. The van der Waals surface area contributed by atoms with Crippen molar-refractivity contribution in [1.82, 2.24) is 9.97 Å². The fourth-order valence-corrected chi connectivity index (χ4v) is 7.44. The molecule has 1 atom stereocenters. The Morgan fingerprint density at radius 1 is 1.07 bits per heavy atom. The molecule has 3 aromatic rings. The lowest BCUT2D eigenvalue weighted by atomic mass is 9.90. The van der Waals surface area contributed by atoms with Crippen LogP contribution >= 0.6 is 11.3 Å². The predicted octanol–water partition coefficient (Wildman–Crippen LogP) is 7.30. The Labute approximate surface area is 268 Å². The summed E-state index contributed by atoms with van der Waals surface area (Å²) in [5.41, 5.74) is 0.997. The summed E-state index contributed by atoms with van der Waals surface area (Å²) in [6, 6.07) is 7.34. The van der Waals surface area contributed by atoms with Gasteiger partial charge in [0.2, 0.25) is 16.9 Å². The van der Waals surface area contributed by atoms with E-state index in [9.17, 15) is 28.3 Å². The zero-order chi connectivity index (χ0) is 32.4. The van der Waals surface area contributed by atoms with Crippen LogP contribution in [0.4, 0.5) is 24.1 Å². The maximum Gasteiger partial charge on any atom is 0.387 e. The average molecular weight is 657 g/mol. The van der Waals surface area contributed by atoms with Crippen LogP contribution in [0.15, 0.2) is 36.5 Å². The minimum Gasteiger partial charge on any atom is -0.481 e. The third-order valence-corrected chi connectivity index (χ3v) is 9.77. The number of carbonyl (C=O) groups excluding carboxylic acids is 2. The number of benzene rings is 1. The van der Waals surface area contributed by atoms with Crippen molar-refractivity contribution in [2.45, 2.75) is 83.3 Å². The van der Waals surface area contributed by atoms with Gasteiger partial charge in [0.25, 0.3) is 0 Å². The first-order valence-corrected chi connectivity index (χ1v) is 16.6. The van der Waals surface area contributed by atoms with E-state index < -0.39 is 23.6 Å². The molecule has 46 heavy (non-hydrogen) atoms. The van der Waals surface area contributed by atoms with Gasteiger partial charge in [-0.2, -0.15) is 13.2 Å². The first kappa shape index (κ1) is 32.0. The fourth-order valence-electron chi connectivity index (χ4n) is 6.55. The normalized spacial score (nSPS) is 17.8. The van der Waals surface area contributed by atoms with E-state index in [1.54, 1.807) is 17.0 Å². The Morgan fingerprint density at radius 3 is 2.50 bits per heavy atom. The molecule has 1 unspecified atom stereocenters. The lowest BCUT2D eigenvalue weighted by Crippen LogP contribution is -2.39. The number of amides is 2. The third-order valence-electron chi connectivity index (χ3n) is 8.92. The van der Waals surface area contributed by atoms with Gasteiger partial charge in [0, 0.05) is 42.2 Å². The molecule has 2 saturated carbocycles. The van der Waals surface area contributed by atoms with E-state index >= 15 is 4.39 Å². The highest BCUT2D eigenvalue weighted by molar-refractivity contribution is 7.14. The largest absolute Gasteiger partial charge is 0.481 e. The van der Waals surface area contributed by atoms with Crippen molar-refractivity contribution >= 4 is 40.1 Å². The molecule has 1 N–H and O–H groups in total. The number of carbonyl (C=O) groups is 3. The van der Waals surface area contributed by atoms with Crippen molar-refractivity contribution in [2.75, 3.05) is 16.3 Å². The Hall–Kier alpha value is -4.00. The number of aromatic nitrogens is 2. The molecule has 0 bridgehead atoms. The summed E-state index contributed by atoms with van der Waals surface area (Å²) >= 11 is 0.669. The van der Waals surface area contributed by atoms with Gasteiger partial charge in [-0.15, -0.1) is 0 Å². The van der Waals surface area contributed by atoms with E-state index in [0.717, 1.165) is 38.5 Å². The summed E-state index contributed by atoms with van der Waals surface area (Å²) in [5, 5.41) is 8.99. The fraction of sp³-hybridized carbons (Fsp3) is 0.485. The van der Waals surface area contributed by atoms with Gasteiger partial charge in [0.05, 0.1) is 6.42 Å². The Morgan fingerprint density at radius 2 is 1.85 bits per heavy atom. The molecule has 2 aliphatic carbocycles. The molecular formula is C33H35F3N4O5S. The lowest BCUT2D eigenvalue weighted by Gasteiger charge is -2.26. The van der Waals surface area contributed by atoms with Gasteiger partial charge in [0.15, 0.2) is 5.13 Å². The number of piperidine rings is 1. The maximum atomic E-state index is 15.9. The molecule has 9 nitrogen and oxygen atoms in total. The van der Waals surface area contributed by atoms with Crippen LogP contribution in [0.2, 0.25) is 0 Å². The van der Waals surface area contributed by atoms with Crippen LogP contribution < -0.4 is 14.5 Å². The second-order valence-corrected chi connectivity index (χ2v) is 13.2. The van der Waals surface area contributed by atoms with Crippen molar-refractivity contribution in [1.29, 1.82) is 0 Å². The van der Waals surface area contributed by atoms with E-state index in [4.69, 9.17) is 0 Å². The molecule has 3 fully saturated rings. The number of hydrogen-bond acceptors (Lipinski definition) is 7. The summed E-state index contributed by atoms with van der Waals surface area (Å²) in [6.07, 6.45) is 9.20. The van der Waals surface area contributed by atoms with Crippen molar-refractivity contribution < 1.29 is 37.4 Å². The van der Waals surface area contributed by atoms with E-state index in [1.807, 2.05) is 0 Å². The second-order valence-electron chi connectivity index (χ2n) is 12.2. The van der Waals surface area contributed by atoms with Crippen LogP contribution in [-0.4, -0.2) is 52.1 Å². The first-order chi connectivity index (χ1) is 22.2. The van der Waals surface area contributed by atoms with E-state index in [2.05, 4.69) is 14.7 Å². The summed E-state index contributed by atoms with van der Waals surface area (Å²) < 4.78 is 46.8. The smallest absolute Gasteiger partial charge is 0.387 e. The minimum atomic E-state index is -3.11. The number of pyridine rings is 1. The molecule has 3 heterocycles. The van der Waals surface area contributed by atoms with Gasteiger partial charge in [-0.25, -0.2) is 9.97 Å².